The highest BCUT2D eigenvalue weighted by molar-refractivity contribution is 8.23. The molecule has 0 radical (unpaired) electrons. The monoisotopic (exact) mass is 177 g/mol. The number of rotatable bonds is 3. The molecule has 0 unspecified atom stereocenters. The standard InChI is InChI=1S/C6H11NOS2/c1-8-4-2-7-3-5-10-6(7)9/h2-5H2,1H3. The lowest BCUT2D eigenvalue weighted by molar-refractivity contribution is 0.180. The Kier molecular flexibility index (Phi) is 3.45. The molecule has 0 spiro atoms. The summed E-state index contributed by atoms with van der Waals surface area (Å²) in [6.07, 6.45) is 0. The number of hydrogen-bond acceptors (Lipinski definition) is 3. The summed E-state index contributed by atoms with van der Waals surface area (Å²) in [4.78, 5) is 2.18. The molecule has 0 aromatic rings. The Morgan fingerprint density at radius 3 is 3.10 bits per heavy atom. The molecule has 10 heavy (non-hydrogen) atoms. The summed E-state index contributed by atoms with van der Waals surface area (Å²) in [5.41, 5.74) is 0. The van der Waals surface area contributed by atoms with Crippen molar-refractivity contribution in [2.45, 2.75) is 0 Å². The van der Waals surface area contributed by atoms with Crippen LogP contribution >= 0.6 is 24.0 Å². The second kappa shape index (κ2) is 4.16. The molecule has 2 nitrogen and oxygen atoms in total. The van der Waals surface area contributed by atoms with Gasteiger partial charge >= 0.3 is 0 Å². The van der Waals surface area contributed by atoms with Gasteiger partial charge in [0, 0.05) is 26.0 Å². The van der Waals surface area contributed by atoms with Gasteiger partial charge in [0.25, 0.3) is 0 Å². The van der Waals surface area contributed by atoms with Crippen LogP contribution in [0, 0.1) is 0 Å². The smallest absolute Gasteiger partial charge is 0.136 e. The van der Waals surface area contributed by atoms with Crippen LogP contribution in [0.5, 0.6) is 0 Å². The Balaban J connectivity index is 2.20. The fourth-order valence-electron chi connectivity index (χ4n) is 0.830. The molecule has 1 aliphatic heterocycles. The number of hydrogen-bond donors (Lipinski definition) is 0. The molecule has 0 atom stereocenters. The largest absolute Gasteiger partial charge is 0.383 e. The summed E-state index contributed by atoms with van der Waals surface area (Å²) >= 11 is 6.84. The van der Waals surface area contributed by atoms with E-state index in [1.54, 1.807) is 18.9 Å². The normalized spacial score (nSPS) is 18.5. The SMILES string of the molecule is COCCN1CCSC1=S. The Bertz CT molecular complexity index is 129. The summed E-state index contributed by atoms with van der Waals surface area (Å²) in [6.45, 7) is 2.82. The molecular weight excluding hydrogens is 166 g/mol. The van der Waals surface area contributed by atoms with Crippen molar-refractivity contribution >= 4 is 28.3 Å². The van der Waals surface area contributed by atoms with Crippen molar-refractivity contribution in [2.24, 2.45) is 0 Å². The van der Waals surface area contributed by atoms with Gasteiger partial charge in [-0.15, -0.1) is 0 Å². The van der Waals surface area contributed by atoms with E-state index < -0.39 is 0 Å². The van der Waals surface area contributed by atoms with Crippen LogP contribution in [0.15, 0.2) is 0 Å². The highest BCUT2D eigenvalue weighted by atomic mass is 32.2. The quantitative estimate of drug-likeness (QED) is 0.595. The lowest BCUT2D eigenvalue weighted by Crippen LogP contribution is -2.26. The summed E-state index contributed by atoms with van der Waals surface area (Å²) in [6, 6.07) is 0. The van der Waals surface area contributed by atoms with Crippen LogP contribution < -0.4 is 0 Å². The Morgan fingerprint density at radius 2 is 2.60 bits per heavy atom. The van der Waals surface area contributed by atoms with Crippen molar-refractivity contribution in [1.82, 2.24) is 4.90 Å². The molecule has 1 fully saturated rings. The Morgan fingerprint density at radius 1 is 1.80 bits per heavy atom. The van der Waals surface area contributed by atoms with E-state index in [9.17, 15) is 0 Å². The van der Waals surface area contributed by atoms with E-state index in [0.29, 0.717) is 0 Å². The predicted octanol–water partition coefficient (Wildman–Crippen LogP) is 0.967. The van der Waals surface area contributed by atoms with Gasteiger partial charge in [0.05, 0.1) is 6.61 Å². The second-order valence-electron chi connectivity index (χ2n) is 2.09. The van der Waals surface area contributed by atoms with Gasteiger partial charge in [0.2, 0.25) is 0 Å². The van der Waals surface area contributed by atoms with E-state index in [1.165, 1.54) is 0 Å². The average molecular weight is 177 g/mol. The third-order valence-electron chi connectivity index (χ3n) is 1.41. The number of ether oxygens (including phenoxy) is 1. The van der Waals surface area contributed by atoms with Gasteiger partial charge in [-0.3, -0.25) is 0 Å². The van der Waals surface area contributed by atoms with Gasteiger partial charge in [-0.05, 0) is 0 Å². The van der Waals surface area contributed by atoms with Crippen molar-refractivity contribution in [2.75, 3.05) is 32.6 Å². The van der Waals surface area contributed by atoms with Crippen molar-refractivity contribution in [3.05, 3.63) is 0 Å². The number of thiocarbonyl (C=S) groups is 1. The molecular formula is C6H11NOS2. The molecule has 4 heteroatoms. The van der Waals surface area contributed by atoms with E-state index in [-0.39, 0.29) is 0 Å². The molecule has 1 rings (SSSR count). The number of nitrogens with zero attached hydrogens (tertiary/aromatic N) is 1. The summed E-state index contributed by atoms with van der Waals surface area (Å²) < 4.78 is 5.97. The topological polar surface area (TPSA) is 12.5 Å². The highest BCUT2D eigenvalue weighted by Crippen LogP contribution is 2.16. The zero-order valence-corrected chi connectivity index (χ0v) is 7.63. The highest BCUT2D eigenvalue weighted by Gasteiger charge is 2.15. The Hall–Kier alpha value is 0.200. The lowest BCUT2D eigenvalue weighted by Gasteiger charge is -2.14. The third kappa shape index (κ3) is 2.11. The maximum atomic E-state index is 5.09. The molecule has 1 aliphatic rings. The van der Waals surface area contributed by atoms with Crippen LogP contribution in [0.3, 0.4) is 0 Å². The van der Waals surface area contributed by atoms with Gasteiger partial charge in [-0.2, -0.15) is 0 Å². The minimum atomic E-state index is 0.778. The van der Waals surface area contributed by atoms with Gasteiger partial charge in [0.1, 0.15) is 4.32 Å². The minimum absolute atomic E-state index is 0.778. The molecule has 0 saturated carbocycles. The van der Waals surface area contributed by atoms with E-state index >= 15 is 0 Å². The third-order valence-corrected chi connectivity index (χ3v) is 2.91. The first kappa shape index (κ1) is 8.30. The van der Waals surface area contributed by atoms with Gasteiger partial charge < -0.3 is 9.64 Å². The first-order chi connectivity index (χ1) is 4.84. The minimum Gasteiger partial charge on any atom is -0.383 e. The number of methoxy groups -OCH3 is 1. The molecule has 58 valence electrons. The first-order valence-electron chi connectivity index (χ1n) is 3.25. The van der Waals surface area contributed by atoms with Gasteiger partial charge in [-0.1, -0.05) is 24.0 Å². The van der Waals surface area contributed by atoms with Crippen LogP contribution in [-0.4, -0.2) is 41.8 Å². The zero-order valence-electron chi connectivity index (χ0n) is 6.00. The summed E-state index contributed by atoms with van der Waals surface area (Å²) in [7, 11) is 1.71. The fourth-order valence-corrected chi connectivity index (χ4v) is 2.11. The molecule has 0 aliphatic carbocycles. The van der Waals surface area contributed by atoms with Crippen LogP contribution in [0.2, 0.25) is 0 Å². The van der Waals surface area contributed by atoms with Gasteiger partial charge in [-0.25, -0.2) is 0 Å². The molecule has 0 aromatic carbocycles. The predicted molar refractivity (Wildman–Crippen MR) is 48.5 cm³/mol. The van der Waals surface area contributed by atoms with Gasteiger partial charge in [0.15, 0.2) is 0 Å². The molecule has 0 bridgehead atoms. The van der Waals surface area contributed by atoms with Crippen LogP contribution in [0.4, 0.5) is 0 Å². The fraction of sp³-hybridized carbons (Fsp3) is 0.833. The van der Waals surface area contributed by atoms with Crippen molar-refractivity contribution in [3.8, 4) is 0 Å². The van der Waals surface area contributed by atoms with Crippen LogP contribution in [0.25, 0.3) is 0 Å². The zero-order chi connectivity index (χ0) is 7.40. The lowest BCUT2D eigenvalue weighted by atomic mass is 10.5. The van der Waals surface area contributed by atoms with Crippen molar-refractivity contribution in [1.29, 1.82) is 0 Å². The average Bonchev–Trinajstić information content (AvgIpc) is 2.31. The van der Waals surface area contributed by atoms with E-state index in [1.807, 2.05) is 0 Å². The van der Waals surface area contributed by atoms with Crippen LogP contribution in [-0.2, 0) is 4.74 Å². The molecule has 1 heterocycles. The Labute approximate surface area is 70.9 Å². The van der Waals surface area contributed by atoms with E-state index in [2.05, 4.69) is 4.90 Å². The maximum Gasteiger partial charge on any atom is 0.136 e. The summed E-state index contributed by atoms with van der Waals surface area (Å²) in [5, 5.41) is 0. The van der Waals surface area contributed by atoms with Crippen molar-refractivity contribution in [3.63, 3.8) is 0 Å². The van der Waals surface area contributed by atoms with E-state index in [4.69, 9.17) is 17.0 Å². The molecule has 1 saturated heterocycles. The molecule has 0 N–H and O–H groups in total. The molecule has 0 amide bonds. The van der Waals surface area contributed by atoms with Crippen LogP contribution in [0.1, 0.15) is 0 Å². The second-order valence-corrected chi connectivity index (χ2v) is 3.82. The first-order valence-corrected chi connectivity index (χ1v) is 4.64. The number of thioether (sulfide) groups is 1. The maximum absolute atomic E-state index is 5.09. The summed E-state index contributed by atoms with van der Waals surface area (Å²) in [5.74, 6) is 1.14. The van der Waals surface area contributed by atoms with E-state index in [0.717, 1.165) is 29.8 Å². The molecule has 0 aromatic heterocycles. The van der Waals surface area contributed by atoms with Crippen molar-refractivity contribution < 1.29 is 4.74 Å².